The van der Waals surface area contributed by atoms with Crippen LogP contribution in [0.15, 0.2) is 46.0 Å². The Labute approximate surface area is 141 Å². The Hall–Kier alpha value is -2.05. The molecule has 0 aliphatic rings. The van der Waals surface area contributed by atoms with Gasteiger partial charge in [-0.3, -0.25) is 4.79 Å². The molecule has 0 aliphatic carbocycles. The summed E-state index contributed by atoms with van der Waals surface area (Å²) in [6.45, 7) is 1.80. The van der Waals surface area contributed by atoms with Crippen molar-refractivity contribution in [2.45, 2.75) is 12.1 Å². The molecule has 0 saturated heterocycles. The van der Waals surface area contributed by atoms with E-state index in [2.05, 4.69) is 10.3 Å². The van der Waals surface area contributed by atoms with Gasteiger partial charge in [0.05, 0.1) is 5.75 Å². The standard InChI is InChI=1S/C16H12ClFN2O2S/c1-9-2-4-11(18)7-12(9)19-15(21)8-23-16-20-13-6-10(17)3-5-14(13)22-16/h2-7H,8H2,1H3,(H,19,21). The number of thioether (sulfide) groups is 1. The third-order valence-corrected chi connectivity index (χ3v) is 4.19. The molecular formula is C16H12ClFN2O2S. The molecule has 3 aromatic rings. The largest absolute Gasteiger partial charge is 0.431 e. The molecule has 0 spiro atoms. The molecule has 1 heterocycles. The number of benzene rings is 2. The number of nitrogens with zero attached hydrogens (tertiary/aromatic N) is 1. The van der Waals surface area contributed by atoms with E-state index in [-0.39, 0.29) is 11.7 Å². The molecule has 0 saturated carbocycles. The molecule has 1 N–H and O–H groups in total. The van der Waals surface area contributed by atoms with E-state index in [0.717, 1.165) is 17.3 Å². The molecule has 0 fully saturated rings. The van der Waals surface area contributed by atoms with Crippen molar-refractivity contribution in [3.05, 3.63) is 52.8 Å². The zero-order valence-electron chi connectivity index (χ0n) is 12.1. The van der Waals surface area contributed by atoms with Crippen LogP contribution in [0.25, 0.3) is 11.1 Å². The van der Waals surface area contributed by atoms with Crippen molar-refractivity contribution in [2.24, 2.45) is 0 Å². The van der Waals surface area contributed by atoms with Gasteiger partial charge >= 0.3 is 0 Å². The van der Waals surface area contributed by atoms with Gasteiger partial charge in [0.25, 0.3) is 5.22 Å². The maximum atomic E-state index is 13.2. The van der Waals surface area contributed by atoms with Crippen LogP contribution in [0, 0.1) is 12.7 Å². The van der Waals surface area contributed by atoms with Crippen LogP contribution in [-0.4, -0.2) is 16.6 Å². The van der Waals surface area contributed by atoms with E-state index in [1.54, 1.807) is 31.2 Å². The van der Waals surface area contributed by atoms with E-state index >= 15 is 0 Å². The number of aromatic nitrogens is 1. The molecule has 118 valence electrons. The number of carbonyl (C=O) groups is 1. The van der Waals surface area contributed by atoms with Gasteiger partial charge in [0, 0.05) is 10.7 Å². The lowest BCUT2D eigenvalue weighted by Crippen LogP contribution is -2.15. The Morgan fingerprint density at radius 3 is 3.00 bits per heavy atom. The number of aryl methyl sites for hydroxylation is 1. The van der Waals surface area contributed by atoms with E-state index in [4.69, 9.17) is 16.0 Å². The van der Waals surface area contributed by atoms with Crippen LogP contribution in [0.4, 0.5) is 10.1 Å². The number of carbonyl (C=O) groups excluding carboxylic acids is 1. The van der Waals surface area contributed by atoms with Gasteiger partial charge in [0.1, 0.15) is 11.3 Å². The first-order chi connectivity index (χ1) is 11.0. The summed E-state index contributed by atoms with van der Waals surface area (Å²) in [5.41, 5.74) is 2.50. The van der Waals surface area contributed by atoms with Gasteiger partial charge in [-0.1, -0.05) is 29.4 Å². The number of oxazole rings is 1. The monoisotopic (exact) mass is 350 g/mol. The molecule has 0 radical (unpaired) electrons. The summed E-state index contributed by atoms with van der Waals surface area (Å²) >= 11 is 7.05. The minimum absolute atomic E-state index is 0.108. The Balaban J connectivity index is 1.64. The number of hydrogen-bond donors (Lipinski definition) is 1. The van der Waals surface area contributed by atoms with Crippen LogP contribution in [0.3, 0.4) is 0 Å². The normalized spacial score (nSPS) is 10.9. The van der Waals surface area contributed by atoms with Gasteiger partial charge in [-0.25, -0.2) is 9.37 Å². The third-order valence-electron chi connectivity index (χ3n) is 3.13. The number of rotatable bonds is 4. The van der Waals surface area contributed by atoms with Crippen molar-refractivity contribution in [1.29, 1.82) is 0 Å². The van der Waals surface area contributed by atoms with E-state index in [1.165, 1.54) is 12.1 Å². The minimum atomic E-state index is -0.394. The fraction of sp³-hybridized carbons (Fsp3) is 0.125. The van der Waals surface area contributed by atoms with Gasteiger partial charge in [-0.05, 0) is 42.8 Å². The van der Waals surface area contributed by atoms with E-state index in [9.17, 15) is 9.18 Å². The highest BCUT2D eigenvalue weighted by atomic mass is 35.5. The average Bonchev–Trinajstić information content (AvgIpc) is 2.91. The Morgan fingerprint density at radius 2 is 2.17 bits per heavy atom. The molecular weight excluding hydrogens is 339 g/mol. The molecule has 1 aromatic heterocycles. The first-order valence-electron chi connectivity index (χ1n) is 6.76. The highest BCUT2D eigenvalue weighted by Crippen LogP contribution is 2.26. The molecule has 0 aliphatic heterocycles. The fourth-order valence-corrected chi connectivity index (χ4v) is 2.79. The summed E-state index contributed by atoms with van der Waals surface area (Å²) in [5, 5.41) is 3.63. The van der Waals surface area contributed by atoms with E-state index in [1.807, 2.05) is 0 Å². The number of hydrogen-bond acceptors (Lipinski definition) is 4. The lowest BCUT2D eigenvalue weighted by Gasteiger charge is -2.07. The summed E-state index contributed by atoms with van der Waals surface area (Å²) in [5.74, 6) is -0.547. The maximum Gasteiger partial charge on any atom is 0.257 e. The molecule has 0 bridgehead atoms. The quantitative estimate of drug-likeness (QED) is 0.695. The van der Waals surface area contributed by atoms with Crippen LogP contribution < -0.4 is 5.32 Å². The van der Waals surface area contributed by atoms with Gasteiger partial charge in [-0.2, -0.15) is 0 Å². The molecule has 0 atom stereocenters. The maximum absolute atomic E-state index is 13.2. The second-order valence-electron chi connectivity index (χ2n) is 4.89. The van der Waals surface area contributed by atoms with E-state index in [0.29, 0.717) is 27.0 Å². The lowest BCUT2D eigenvalue weighted by atomic mass is 10.2. The second-order valence-corrected chi connectivity index (χ2v) is 6.25. The Kier molecular flexibility index (Phi) is 4.54. The molecule has 4 nitrogen and oxygen atoms in total. The van der Waals surface area contributed by atoms with Gasteiger partial charge in [-0.15, -0.1) is 0 Å². The highest BCUT2D eigenvalue weighted by Gasteiger charge is 2.11. The van der Waals surface area contributed by atoms with Gasteiger partial charge < -0.3 is 9.73 Å². The van der Waals surface area contributed by atoms with Crippen LogP contribution in [0.1, 0.15) is 5.56 Å². The first-order valence-corrected chi connectivity index (χ1v) is 8.12. The van der Waals surface area contributed by atoms with Gasteiger partial charge in [0.15, 0.2) is 5.58 Å². The van der Waals surface area contributed by atoms with Crippen LogP contribution in [-0.2, 0) is 4.79 Å². The van der Waals surface area contributed by atoms with Crippen LogP contribution in [0.2, 0.25) is 5.02 Å². The minimum Gasteiger partial charge on any atom is -0.431 e. The number of anilines is 1. The second kappa shape index (κ2) is 6.60. The molecule has 23 heavy (non-hydrogen) atoms. The Morgan fingerprint density at radius 1 is 1.35 bits per heavy atom. The average molecular weight is 351 g/mol. The zero-order chi connectivity index (χ0) is 16.4. The fourth-order valence-electron chi connectivity index (χ4n) is 1.98. The third kappa shape index (κ3) is 3.83. The van der Waals surface area contributed by atoms with Gasteiger partial charge in [0.2, 0.25) is 5.91 Å². The summed E-state index contributed by atoms with van der Waals surface area (Å²) < 4.78 is 18.7. The number of halogens is 2. The van der Waals surface area contributed by atoms with Crippen molar-refractivity contribution in [1.82, 2.24) is 4.98 Å². The predicted molar refractivity (Wildman–Crippen MR) is 89.5 cm³/mol. The zero-order valence-corrected chi connectivity index (χ0v) is 13.7. The highest BCUT2D eigenvalue weighted by molar-refractivity contribution is 7.99. The van der Waals surface area contributed by atoms with Crippen LogP contribution in [0.5, 0.6) is 0 Å². The molecule has 7 heteroatoms. The van der Waals surface area contributed by atoms with Crippen molar-refractivity contribution < 1.29 is 13.6 Å². The molecule has 2 aromatic carbocycles. The summed E-state index contributed by atoms with van der Waals surface area (Å²) in [7, 11) is 0. The van der Waals surface area contributed by atoms with Crippen molar-refractivity contribution in [2.75, 3.05) is 11.1 Å². The SMILES string of the molecule is Cc1ccc(F)cc1NC(=O)CSc1nc2cc(Cl)ccc2o1. The molecule has 0 unspecified atom stereocenters. The summed E-state index contributed by atoms with van der Waals surface area (Å²) in [4.78, 5) is 16.2. The van der Waals surface area contributed by atoms with E-state index < -0.39 is 5.82 Å². The summed E-state index contributed by atoms with van der Waals surface area (Å²) in [6, 6.07) is 9.39. The van der Waals surface area contributed by atoms with Crippen molar-refractivity contribution >= 4 is 46.1 Å². The first kappa shape index (κ1) is 15.8. The number of nitrogens with one attached hydrogen (secondary N) is 1. The number of amides is 1. The molecule has 3 rings (SSSR count). The lowest BCUT2D eigenvalue weighted by molar-refractivity contribution is -0.113. The molecule has 1 amide bonds. The Bertz CT molecular complexity index is 882. The predicted octanol–water partition coefficient (Wildman–Crippen LogP) is 4.66. The smallest absolute Gasteiger partial charge is 0.257 e. The topological polar surface area (TPSA) is 55.1 Å². The summed E-state index contributed by atoms with van der Waals surface area (Å²) in [6.07, 6.45) is 0. The van der Waals surface area contributed by atoms with Crippen molar-refractivity contribution in [3.8, 4) is 0 Å². The number of fused-ring (bicyclic) bond motifs is 1. The van der Waals surface area contributed by atoms with Crippen molar-refractivity contribution in [3.63, 3.8) is 0 Å². The van der Waals surface area contributed by atoms with Crippen LogP contribution >= 0.6 is 23.4 Å².